The maximum Gasteiger partial charge on any atom is 0.240 e. The van der Waals surface area contributed by atoms with E-state index in [-0.39, 0.29) is 40.2 Å². The number of hydrogen-bond donors (Lipinski definition) is 1. The van der Waals surface area contributed by atoms with Gasteiger partial charge in [-0.15, -0.1) is 0 Å². The number of hydrogen-bond acceptors (Lipinski definition) is 7. The summed E-state index contributed by atoms with van der Waals surface area (Å²) < 4.78 is 79.5. The van der Waals surface area contributed by atoms with E-state index in [4.69, 9.17) is 4.74 Å². The van der Waals surface area contributed by atoms with Crippen LogP contribution >= 0.6 is 0 Å². The third-order valence-corrected chi connectivity index (χ3v) is 9.79. The van der Waals surface area contributed by atoms with E-state index in [1.165, 1.54) is 25.3 Å². The molecule has 2 heterocycles. The van der Waals surface area contributed by atoms with Crippen molar-refractivity contribution in [1.82, 2.24) is 4.72 Å². The van der Waals surface area contributed by atoms with E-state index in [2.05, 4.69) is 4.72 Å². The van der Waals surface area contributed by atoms with E-state index >= 15 is 0 Å². The Balaban J connectivity index is 1.89. The maximum atomic E-state index is 12.6. The van der Waals surface area contributed by atoms with Gasteiger partial charge in [0.1, 0.15) is 5.75 Å². The molecule has 2 fully saturated rings. The molecule has 146 valence electrons. The van der Waals surface area contributed by atoms with Crippen LogP contribution in [-0.4, -0.2) is 61.4 Å². The van der Waals surface area contributed by atoms with Gasteiger partial charge in [0, 0.05) is 12.0 Å². The summed E-state index contributed by atoms with van der Waals surface area (Å²) in [4.78, 5) is -0.0260. The minimum atomic E-state index is -3.92. The zero-order chi connectivity index (χ0) is 19.2. The molecule has 1 aromatic carbocycles. The van der Waals surface area contributed by atoms with Crippen LogP contribution in [0, 0.1) is 0 Å². The van der Waals surface area contributed by atoms with Gasteiger partial charge in [-0.25, -0.2) is 30.0 Å². The molecule has 2 atom stereocenters. The molecule has 0 amide bonds. The first-order valence-electron chi connectivity index (χ1n) is 8.12. The Labute approximate surface area is 153 Å². The average molecular weight is 424 g/mol. The number of methoxy groups -OCH3 is 1. The van der Waals surface area contributed by atoms with Crippen LogP contribution in [-0.2, 0) is 29.7 Å². The van der Waals surface area contributed by atoms with Gasteiger partial charge in [0.15, 0.2) is 19.7 Å². The van der Waals surface area contributed by atoms with Gasteiger partial charge in [0.05, 0.1) is 35.0 Å². The maximum absolute atomic E-state index is 12.6. The number of rotatable bonds is 5. The smallest absolute Gasteiger partial charge is 0.240 e. The summed E-state index contributed by atoms with van der Waals surface area (Å²) in [5.41, 5.74) is 0.537. The second-order valence-electron chi connectivity index (χ2n) is 6.72. The van der Waals surface area contributed by atoms with Gasteiger partial charge in [-0.2, -0.15) is 0 Å². The summed E-state index contributed by atoms with van der Waals surface area (Å²) >= 11 is 0. The molecule has 0 spiro atoms. The zero-order valence-corrected chi connectivity index (χ0v) is 16.7. The van der Waals surface area contributed by atoms with Gasteiger partial charge in [-0.3, -0.25) is 0 Å². The number of sulfonamides is 1. The van der Waals surface area contributed by atoms with Crippen LogP contribution < -0.4 is 9.46 Å². The molecule has 0 saturated carbocycles. The minimum Gasteiger partial charge on any atom is -0.496 e. The highest BCUT2D eigenvalue weighted by atomic mass is 32.2. The zero-order valence-electron chi connectivity index (χ0n) is 14.2. The molecule has 1 N–H and O–H groups in total. The molecule has 11 heteroatoms. The summed E-state index contributed by atoms with van der Waals surface area (Å²) in [5, 5.41) is 0. The van der Waals surface area contributed by atoms with Gasteiger partial charge in [0.25, 0.3) is 0 Å². The number of sulfone groups is 2. The van der Waals surface area contributed by atoms with E-state index in [0.717, 1.165) is 0 Å². The molecule has 3 rings (SSSR count). The first-order valence-corrected chi connectivity index (χ1v) is 13.2. The Bertz CT molecular complexity index is 1010. The lowest BCUT2D eigenvalue weighted by molar-refractivity contribution is 0.406. The third kappa shape index (κ3) is 4.21. The number of benzene rings is 1. The molecule has 0 radical (unpaired) electrons. The lowest BCUT2D eigenvalue weighted by Gasteiger charge is -2.17. The second kappa shape index (κ2) is 6.77. The standard InChI is InChI=1S/C15H21NO7S3/c1-23-15-3-2-13(8-14(15)11-4-6-24(17,18)9-11)26(21,22)16-12-5-7-25(19,20)10-12/h2-3,8,11-12,16H,4-7,9-10H2,1H3/t11-,12-/m0/s1. The Morgan fingerprint density at radius 2 is 1.69 bits per heavy atom. The third-order valence-electron chi connectivity index (χ3n) is 4.74. The molecule has 26 heavy (non-hydrogen) atoms. The van der Waals surface area contributed by atoms with Crippen LogP contribution in [0.15, 0.2) is 23.1 Å². The number of nitrogens with one attached hydrogen (secondary N) is 1. The Hall–Kier alpha value is -1.17. The van der Waals surface area contributed by atoms with E-state index < -0.39 is 35.7 Å². The Kier molecular flexibility index (Phi) is 5.10. The van der Waals surface area contributed by atoms with Crippen LogP contribution in [0.2, 0.25) is 0 Å². The van der Waals surface area contributed by atoms with Crippen molar-refractivity contribution in [1.29, 1.82) is 0 Å². The summed E-state index contributed by atoms with van der Waals surface area (Å²) in [6.07, 6.45) is 0.655. The topological polar surface area (TPSA) is 124 Å². The predicted molar refractivity (Wildman–Crippen MR) is 96.4 cm³/mol. The van der Waals surface area contributed by atoms with Gasteiger partial charge in [0.2, 0.25) is 10.0 Å². The van der Waals surface area contributed by atoms with Gasteiger partial charge in [-0.1, -0.05) is 0 Å². The summed E-state index contributed by atoms with van der Waals surface area (Å²) in [7, 11) is -8.82. The Morgan fingerprint density at radius 1 is 1.04 bits per heavy atom. The van der Waals surface area contributed by atoms with E-state index in [1.807, 2.05) is 0 Å². The fourth-order valence-electron chi connectivity index (χ4n) is 3.41. The highest BCUT2D eigenvalue weighted by Crippen LogP contribution is 2.36. The summed E-state index contributed by atoms with van der Waals surface area (Å²) in [5.74, 6) is -0.104. The highest BCUT2D eigenvalue weighted by Gasteiger charge is 2.34. The molecule has 2 aliphatic heterocycles. The molecule has 8 nitrogen and oxygen atoms in total. The van der Waals surface area contributed by atoms with Crippen molar-refractivity contribution in [2.45, 2.75) is 29.7 Å². The fourth-order valence-corrected chi connectivity index (χ4v) is 8.27. The van der Waals surface area contributed by atoms with Gasteiger partial charge in [-0.05, 0) is 36.6 Å². The summed E-state index contributed by atoms with van der Waals surface area (Å²) in [6, 6.07) is 3.65. The molecule has 0 aromatic heterocycles. The van der Waals surface area contributed by atoms with Crippen molar-refractivity contribution in [3.8, 4) is 5.75 Å². The lowest BCUT2D eigenvalue weighted by Crippen LogP contribution is -2.35. The van der Waals surface area contributed by atoms with Gasteiger partial charge >= 0.3 is 0 Å². The molecular weight excluding hydrogens is 402 g/mol. The van der Waals surface area contributed by atoms with Crippen molar-refractivity contribution >= 4 is 29.7 Å². The van der Waals surface area contributed by atoms with Crippen LogP contribution in [0.5, 0.6) is 5.75 Å². The quantitative estimate of drug-likeness (QED) is 0.710. The minimum absolute atomic E-state index is 0.0260. The monoisotopic (exact) mass is 423 g/mol. The molecule has 2 saturated heterocycles. The van der Waals surface area contributed by atoms with E-state index in [9.17, 15) is 25.3 Å². The van der Waals surface area contributed by atoms with E-state index in [1.54, 1.807) is 0 Å². The number of ether oxygens (including phenoxy) is 1. The normalized spacial score (nSPS) is 27.4. The van der Waals surface area contributed by atoms with Crippen LogP contribution in [0.25, 0.3) is 0 Å². The highest BCUT2D eigenvalue weighted by molar-refractivity contribution is 7.92. The SMILES string of the molecule is COc1ccc(S(=O)(=O)N[C@H]2CCS(=O)(=O)C2)cc1[C@H]1CCS(=O)(=O)C1. The molecule has 1 aromatic rings. The first kappa shape index (κ1) is 19.6. The average Bonchev–Trinajstić information content (AvgIpc) is 3.07. The molecule has 0 unspecified atom stereocenters. The van der Waals surface area contributed by atoms with Crippen molar-refractivity contribution in [3.05, 3.63) is 23.8 Å². The summed E-state index contributed by atoms with van der Waals surface area (Å²) in [6.45, 7) is 0. The van der Waals surface area contributed by atoms with Crippen molar-refractivity contribution in [2.24, 2.45) is 0 Å². The fraction of sp³-hybridized carbons (Fsp3) is 0.600. The second-order valence-corrected chi connectivity index (χ2v) is 12.9. The van der Waals surface area contributed by atoms with Crippen LogP contribution in [0.1, 0.15) is 24.3 Å². The molecule has 0 bridgehead atoms. The van der Waals surface area contributed by atoms with E-state index in [0.29, 0.717) is 17.7 Å². The molecule has 0 aliphatic carbocycles. The van der Waals surface area contributed by atoms with Crippen LogP contribution in [0.3, 0.4) is 0 Å². The Morgan fingerprint density at radius 3 is 2.23 bits per heavy atom. The lowest BCUT2D eigenvalue weighted by atomic mass is 9.98. The van der Waals surface area contributed by atoms with Gasteiger partial charge < -0.3 is 4.74 Å². The first-order chi connectivity index (χ1) is 12.0. The predicted octanol–water partition coefficient (Wildman–Crippen LogP) is 0.0627. The van der Waals surface area contributed by atoms with Crippen molar-refractivity contribution < 1.29 is 30.0 Å². The molecule has 2 aliphatic rings. The van der Waals surface area contributed by atoms with Crippen LogP contribution in [0.4, 0.5) is 0 Å². The van der Waals surface area contributed by atoms with Crippen molar-refractivity contribution in [3.63, 3.8) is 0 Å². The van der Waals surface area contributed by atoms with Crippen molar-refractivity contribution in [2.75, 3.05) is 30.1 Å². The molecular formula is C15H21NO7S3. The largest absolute Gasteiger partial charge is 0.496 e.